The Kier molecular flexibility index (Phi) is 4.38. The molecule has 0 saturated carbocycles. The Morgan fingerprint density at radius 1 is 0.969 bits per heavy atom. The number of hydrogen-bond acceptors (Lipinski definition) is 5. The number of methoxy groups -OCH3 is 1. The Morgan fingerprint density at radius 2 is 1.81 bits per heavy atom. The van der Waals surface area contributed by atoms with Gasteiger partial charge in [0.25, 0.3) is 0 Å². The highest BCUT2D eigenvalue weighted by atomic mass is 16.5. The molecule has 0 radical (unpaired) electrons. The first-order chi connectivity index (χ1) is 15.8. The maximum Gasteiger partial charge on any atom is 0.162 e. The van der Waals surface area contributed by atoms with Gasteiger partial charge in [-0.2, -0.15) is 5.10 Å². The van der Waals surface area contributed by atoms with Crippen LogP contribution in [-0.2, 0) is 12.8 Å². The van der Waals surface area contributed by atoms with Crippen molar-refractivity contribution in [2.75, 3.05) is 7.11 Å². The Morgan fingerprint density at radius 3 is 2.56 bits per heavy atom. The van der Waals surface area contributed by atoms with Crippen molar-refractivity contribution < 1.29 is 9.47 Å². The van der Waals surface area contributed by atoms with Crippen molar-refractivity contribution in [3.05, 3.63) is 84.4 Å². The molecule has 32 heavy (non-hydrogen) atoms. The van der Waals surface area contributed by atoms with E-state index in [1.807, 2.05) is 36.4 Å². The highest BCUT2D eigenvalue weighted by Crippen LogP contribution is 2.35. The van der Waals surface area contributed by atoms with E-state index in [0.717, 1.165) is 46.7 Å². The number of rotatable bonds is 5. The number of benzene rings is 3. The van der Waals surface area contributed by atoms with Crippen LogP contribution in [0.4, 0.5) is 0 Å². The Bertz CT molecular complexity index is 1380. The van der Waals surface area contributed by atoms with Crippen LogP contribution >= 0.6 is 0 Å². The van der Waals surface area contributed by atoms with Gasteiger partial charge in [-0.1, -0.05) is 24.3 Å². The fourth-order valence-electron chi connectivity index (χ4n) is 4.32. The average molecular weight is 423 g/mol. The smallest absolute Gasteiger partial charge is 0.162 e. The van der Waals surface area contributed by atoms with E-state index in [2.05, 4.69) is 39.3 Å². The maximum absolute atomic E-state index is 6.40. The van der Waals surface area contributed by atoms with E-state index in [0.29, 0.717) is 5.75 Å². The summed E-state index contributed by atoms with van der Waals surface area (Å²) in [6.07, 6.45) is 5.09. The number of aromatic amines is 1. The summed E-state index contributed by atoms with van der Waals surface area (Å²) in [5, 5.41) is 4.19. The van der Waals surface area contributed by atoms with E-state index in [1.165, 1.54) is 17.5 Å². The monoisotopic (exact) mass is 423 g/mol. The first-order valence-electron chi connectivity index (χ1n) is 10.5. The summed E-state index contributed by atoms with van der Waals surface area (Å²) in [6.45, 7) is 0. The lowest BCUT2D eigenvalue weighted by Gasteiger charge is -2.16. The van der Waals surface area contributed by atoms with Crippen LogP contribution < -0.4 is 9.47 Å². The summed E-state index contributed by atoms with van der Waals surface area (Å²) in [5.74, 6) is 2.22. The van der Waals surface area contributed by atoms with E-state index in [9.17, 15) is 0 Å². The number of imidazole rings is 1. The Hall–Kier alpha value is -4.13. The number of hydrogen-bond donors (Lipinski definition) is 1. The lowest BCUT2D eigenvalue weighted by atomic mass is 10.1. The van der Waals surface area contributed by atoms with E-state index in [-0.39, 0.29) is 6.10 Å². The highest BCUT2D eigenvalue weighted by molar-refractivity contribution is 5.81. The molecule has 7 heteroatoms. The molecule has 7 nitrogen and oxygen atoms in total. The molecule has 1 aliphatic rings. The van der Waals surface area contributed by atoms with E-state index >= 15 is 0 Å². The van der Waals surface area contributed by atoms with Gasteiger partial charge in [-0.05, 0) is 47.5 Å². The summed E-state index contributed by atoms with van der Waals surface area (Å²) in [6, 6.07) is 20.4. The predicted molar refractivity (Wildman–Crippen MR) is 121 cm³/mol. The molecule has 0 atom stereocenters. The molecule has 0 amide bonds. The molecule has 2 aromatic heterocycles. The van der Waals surface area contributed by atoms with Gasteiger partial charge in [-0.15, -0.1) is 0 Å². The largest absolute Gasteiger partial charge is 0.493 e. The molecular formula is C25H21N5O2. The predicted octanol–water partition coefficient (Wildman–Crippen LogP) is 4.37. The Balaban J connectivity index is 1.31. The first-order valence-corrected chi connectivity index (χ1v) is 10.5. The fraction of sp³-hybridized carbons (Fsp3) is 0.160. The third-order valence-electron chi connectivity index (χ3n) is 5.89. The average Bonchev–Trinajstić information content (AvgIpc) is 3.57. The minimum absolute atomic E-state index is 0.0949. The molecule has 3 aromatic carbocycles. The van der Waals surface area contributed by atoms with Crippen LogP contribution in [-0.4, -0.2) is 37.9 Å². The lowest BCUT2D eigenvalue weighted by Crippen LogP contribution is -2.16. The SMILES string of the molecule is COc1ccc(-c2nc3ccc(-n4cncn4)cc3[nH]2)cc1OC1Cc2ccccc2C1. The summed E-state index contributed by atoms with van der Waals surface area (Å²) >= 11 is 0. The number of nitrogens with one attached hydrogen (secondary N) is 1. The second-order valence-electron chi connectivity index (χ2n) is 7.91. The summed E-state index contributed by atoms with van der Waals surface area (Å²) in [4.78, 5) is 12.2. The van der Waals surface area contributed by atoms with Crippen molar-refractivity contribution >= 4 is 11.0 Å². The second kappa shape index (κ2) is 7.53. The number of H-pyrrole nitrogens is 1. The normalized spacial score (nSPS) is 13.4. The third kappa shape index (κ3) is 3.28. The molecule has 0 fully saturated rings. The molecule has 0 bridgehead atoms. The van der Waals surface area contributed by atoms with Gasteiger partial charge >= 0.3 is 0 Å². The molecule has 0 spiro atoms. The van der Waals surface area contributed by atoms with Crippen LogP contribution in [0.3, 0.4) is 0 Å². The van der Waals surface area contributed by atoms with Crippen molar-refractivity contribution in [1.82, 2.24) is 24.7 Å². The van der Waals surface area contributed by atoms with Gasteiger partial charge in [0, 0.05) is 18.4 Å². The van der Waals surface area contributed by atoms with Crippen molar-refractivity contribution in [1.29, 1.82) is 0 Å². The fourth-order valence-corrected chi connectivity index (χ4v) is 4.32. The zero-order valence-electron chi connectivity index (χ0n) is 17.5. The van der Waals surface area contributed by atoms with Crippen LogP contribution in [0.2, 0.25) is 0 Å². The maximum atomic E-state index is 6.40. The molecule has 1 aliphatic carbocycles. The third-order valence-corrected chi connectivity index (χ3v) is 5.89. The topological polar surface area (TPSA) is 77.9 Å². The van der Waals surface area contributed by atoms with Gasteiger partial charge in [0.2, 0.25) is 0 Å². The van der Waals surface area contributed by atoms with Crippen molar-refractivity contribution in [2.24, 2.45) is 0 Å². The van der Waals surface area contributed by atoms with Gasteiger partial charge in [0.1, 0.15) is 24.6 Å². The Labute approximate surface area is 184 Å². The summed E-state index contributed by atoms with van der Waals surface area (Å²) in [5.41, 5.74) is 6.38. The molecule has 5 aromatic rings. The van der Waals surface area contributed by atoms with Gasteiger partial charge < -0.3 is 14.5 Å². The lowest BCUT2D eigenvalue weighted by molar-refractivity contribution is 0.204. The van der Waals surface area contributed by atoms with E-state index in [1.54, 1.807) is 18.1 Å². The quantitative estimate of drug-likeness (QED) is 0.454. The number of aromatic nitrogens is 5. The molecule has 158 valence electrons. The van der Waals surface area contributed by atoms with Crippen LogP contribution in [0.1, 0.15) is 11.1 Å². The van der Waals surface area contributed by atoms with Crippen molar-refractivity contribution in [3.63, 3.8) is 0 Å². The minimum atomic E-state index is 0.0949. The summed E-state index contributed by atoms with van der Waals surface area (Å²) < 4.78 is 13.7. The van der Waals surface area contributed by atoms with Crippen LogP contribution in [0, 0.1) is 0 Å². The second-order valence-corrected chi connectivity index (χ2v) is 7.91. The number of fused-ring (bicyclic) bond motifs is 2. The molecule has 0 aliphatic heterocycles. The van der Waals surface area contributed by atoms with Crippen LogP contribution in [0.15, 0.2) is 73.3 Å². The van der Waals surface area contributed by atoms with Gasteiger partial charge in [0.15, 0.2) is 11.5 Å². The summed E-state index contributed by atoms with van der Waals surface area (Å²) in [7, 11) is 1.66. The minimum Gasteiger partial charge on any atom is -0.493 e. The van der Waals surface area contributed by atoms with Crippen molar-refractivity contribution in [2.45, 2.75) is 18.9 Å². The van der Waals surface area contributed by atoms with Crippen LogP contribution in [0.25, 0.3) is 28.1 Å². The van der Waals surface area contributed by atoms with Crippen molar-refractivity contribution in [3.8, 4) is 28.6 Å². The highest BCUT2D eigenvalue weighted by Gasteiger charge is 2.24. The van der Waals surface area contributed by atoms with Gasteiger partial charge in [0.05, 0.1) is 23.8 Å². The zero-order chi connectivity index (χ0) is 21.5. The van der Waals surface area contributed by atoms with E-state index in [4.69, 9.17) is 14.5 Å². The molecule has 2 heterocycles. The van der Waals surface area contributed by atoms with E-state index < -0.39 is 0 Å². The van der Waals surface area contributed by atoms with Crippen LogP contribution in [0.5, 0.6) is 11.5 Å². The molecule has 0 saturated heterocycles. The molecule has 0 unspecified atom stereocenters. The number of nitrogens with zero attached hydrogens (tertiary/aromatic N) is 4. The number of ether oxygens (including phenoxy) is 2. The first kappa shape index (κ1) is 18.6. The van der Waals surface area contributed by atoms with Gasteiger partial charge in [-0.3, -0.25) is 0 Å². The molecule has 1 N–H and O–H groups in total. The molecular weight excluding hydrogens is 402 g/mol. The standard InChI is InChI=1S/C25H21N5O2/c1-31-23-9-6-18(12-24(23)32-20-10-16-4-2-3-5-17(16)11-20)25-28-21-8-7-19(13-22(21)29-25)30-15-26-14-27-30/h2-9,12-15,20H,10-11H2,1H3,(H,28,29). The zero-order valence-corrected chi connectivity index (χ0v) is 17.5. The van der Waals surface area contributed by atoms with Gasteiger partial charge in [-0.25, -0.2) is 14.6 Å². The molecule has 6 rings (SSSR count).